The Hall–Kier alpha value is -1.75. The van der Waals surface area contributed by atoms with Gasteiger partial charge in [0.1, 0.15) is 24.1 Å². The minimum Gasteiger partial charge on any atom is -0.497 e. The quantitative estimate of drug-likeness (QED) is 0.761. The topological polar surface area (TPSA) is 56.8 Å². The molecule has 0 saturated heterocycles. The highest BCUT2D eigenvalue weighted by molar-refractivity contribution is 5.75. The van der Waals surface area contributed by atoms with Crippen molar-refractivity contribution in [2.24, 2.45) is 0 Å². The molecule has 0 saturated carbocycles. The maximum Gasteiger partial charge on any atom is 0.326 e. The zero-order valence-corrected chi connectivity index (χ0v) is 11.8. The minimum atomic E-state index is -0.490. The van der Waals surface area contributed by atoms with Gasteiger partial charge in [0.2, 0.25) is 0 Å². The van der Waals surface area contributed by atoms with Gasteiger partial charge in [-0.05, 0) is 12.1 Å². The Balaban J connectivity index is 2.61. The second-order valence-corrected chi connectivity index (χ2v) is 4.39. The molecule has 0 aromatic heterocycles. The molecule has 1 atom stereocenters. The Morgan fingerprint density at radius 3 is 2.53 bits per heavy atom. The molecule has 5 nitrogen and oxygen atoms in total. The first-order valence-corrected chi connectivity index (χ1v) is 6.17. The van der Waals surface area contributed by atoms with Crippen LogP contribution in [-0.2, 0) is 9.53 Å². The monoisotopic (exact) mass is 267 g/mol. The fourth-order valence-electron chi connectivity index (χ4n) is 1.60. The highest BCUT2D eigenvalue weighted by atomic mass is 16.5. The first-order valence-electron chi connectivity index (χ1n) is 6.17. The average Bonchev–Trinajstić information content (AvgIpc) is 2.42. The van der Waals surface area contributed by atoms with Crippen molar-refractivity contribution in [3.05, 3.63) is 24.3 Å². The number of nitrogens with one attached hydrogen (secondary N) is 1. The largest absolute Gasteiger partial charge is 0.497 e. The molecular formula is C14H21NO4. The van der Waals surface area contributed by atoms with E-state index in [4.69, 9.17) is 14.2 Å². The Labute approximate surface area is 113 Å². The van der Waals surface area contributed by atoms with Crippen LogP contribution in [0.25, 0.3) is 0 Å². The standard InChI is InChI=1S/C14H21NO4/c1-10(2)15-13(14(16)18-4)9-19-12-7-5-6-11(8-12)17-3/h5-8,10,13,15H,9H2,1-4H3. The number of hydrogen-bond donors (Lipinski definition) is 1. The summed E-state index contributed by atoms with van der Waals surface area (Å²) in [5.74, 6) is 1.03. The Kier molecular flexibility index (Phi) is 6.15. The smallest absolute Gasteiger partial charge is 0.326 e. The molecule has 1 aromatic carbocycles. The number of benzene rings is 1. The van der Waals surface area contributed by atoms with Crippen LogP contribution in [0.3, 0.4) is 0 Å². The van der Waals surface area contributed by atoms with E-state index in [0.29, 0.717) is 11.5 Å². The van der Waals surface area contributed by atoms with E-state index in [1.165, 1.54) is 7.11 Å². The fraction of sp³-hybridized carbons (Fsp3) is 0.500. The molecule has 1 unspecified atom stereocenters. The Morgan fingerprint density at radius 1 is 1.26 bits per heavy atom. The summed E-state index contributed by atoms with van der Waals surface area (Å²) in [6.45, 7) is 4.13. The van der Waals surface area contributed by atoms with E-state index in [9.17, 15) is 4.79 Å². The number of carbonyl (C=O) groups excluding carboxylic acids is 1. The molecule has 0 aliphatic heterocycles. The minimum absolute atomic E-state index is 0.165. The van der Waals surface area contributed by atoms with Crippen LogP contribution in [-0.4, -0.2) is 38.9 Å². The first kappa shape index (κ1) is 15.3. The van der Waals surface area contributed by atoms with Gasteiger partial charge in [0.15, 0.2) is 0 Å². The summed E-state index contributed by atoms with van der Waals surface area (Å²) < 4.78 is 15.4. The van der Waals surface area contributed by atoms with Crippen molar-refractivity contribution < 1.29 is 19.0 Å². The molecule has 19 heavy (non-hydrogen) atoms. The van der Waals surface area contributed by atoms with Crippen LogP contribution < -0.4 is 14.8 Å². The SMILES string of the molecule is COC(=O)C(COc1cccc(OC)c1)NC(C)C. The zero-order chi connectivity index (χ0) is 14.3. The van der Waals surface area contributed by atoms with Gasteiger partial charge in [-0.1, -0.05) is 19.9 Å². The van der Waals surface area contributed by atoms with Crippen molar-refractivity contribution in [2.45, 2.75) is 25.9 Å². The van der Waals surface area contributed by atoms with E-state index >= 15 is 0 Å². The second-order valence-electron chi connectivity index (χ2n) is 4.39. The van der Waals surface area contributed by atoms with Crippen molar-refractivity contribution in [1.82, 2.24) is 5.32 Å². The highest BCUT2D eigenvalue weighted by Gasteiger charge is 2.20. The molecule has 1 rings (SSSR count). The molecule has 0 heterocycles. The lowest BCUT2D eigenvalue weighted by Crippen LogP contribution is -2.45. The van der Waals surface area contributed by atoms with Gasteiger partial charge in [-0.3, -0.25) is 10.1 Å². The summed E-state index contributed by atoms with van der Waals surface area (Å²) in [4.78, 5) is 11.6. The summed E-state index contributed by atoms with van der Waals surface area (Å²) in [5.41, 5.74) is 0. The van der Waals surface area contributed by atoms with Gasteiger partial charge in [0.05, 0.1) is 14.2 Å². The summed E-state index contributed by atoms with van der Waals surface area (Å²) in [7, 11) is 2.96. The van der Waals surface area contributed by atoms with Gasteiger partial charge >= 0.3 is 5.97 Å². The number of carbonyl (C=O) groups is 1. The van der Waals surface area contributed by atoms with E-state index in [0.717, 1.165) is 0 Å². The molecule has 0 amide bonds. The van der Waals surface area contributed by atoms with Crippen molar-refractivity contribution in [2.75, 3.05) is 20.8 Å². The number of methoxy groups -OCH3 is 2. The molecule has 0 aliphatic carbocycles. The summed E-state index contributed by atoms with van der Waals surface area (Å²) in [6, 6.07) is 6.92. The normalized spacial score (nSPS) is 12.1. The van der Waals surface area contributed by atoms with Gasteiger partial charge in [0.25, 0.3) is 0 Å². The maximum absolute atomic E-state index is 11.6. The van der Waals surface area contributed by atoms with Crippen LogP contribution in [0.15, 0.2) is 24.3 Å². The number of esters is 1. The van der Waals surface area contributed by atoms with Crippen LogP contribution in [0.4, 0.5) is 0 Å². The van der Waals surface area contributed by atoms with Crippen molar-refractivity contribution in [3.8, 4) is 11.5 Å². The van der Waals surface area contributed by atoms with E-state index in [-0.39, 0.29) is 18.6 Å². The number of rotatable bonds is 7. The van der Waals surface area contributed by atoms with Crippen LogP contribution in [0, 0.1) is 0 Å². The predicted octanol–water partition coefficient (Wildman–Crippen LogP) is 1.61. The molecule has 1 N–H and O–H groups in total. The molecular weight excluding hydrogens is 246 g/mol. The second kappa shape index (κ2) is 7.63. The van der Waals surface area contributed by atoms with Crippen LogP contribution in [0.1, 0.15) is 13.8 Å². The Morgan fingerprint density at radius 2 is 1.95 bits per heavy atom. The third-order valence-electron chi connectivity index (χ3n) is 2.48. The van der Waals surface area contributed by atoms with E-state index in [1.54, 1.807) is 13.2 Å². The summed E-state index contributed by atoms with van der Waals surface area (Å²) in [6.07, 6.45) is 0. The molecule has 0 radical (unpaired) electrons. The van der Waals surface area contributed by atoms with Crippen molar-refractivity contribution >= 4 is 5.97 Å². The molecule has 0 spiro atoms. The van der Waals surface area contributed by atoms with Crippen molar-refractivity contribution in [3.63, 3.8) is 0 Å². The lowest BCUT2D eigenvalue weighted by atomic mass is 10.2. The molecule has 106 valence electrons. The molecule has 5 heteroatoms. The van der Waals surface area contributed by atoms with Crippen LogP contribution in [0.5, 0.6) is 11.5 Å². The zero-order valence-electron chi connectivity index (χ0n) is 11.8. The third-order valence-corrected chi connectivity index (χ3v) is 2.48. The van der Waals surface area contributed by atoms with Gasteiger partial charge in [-0.15, -0.1) is 0 Å². The van der Waals surface area contributed by atoms with E-state index in [1.807, 2.05) is 32.0 Å². The lowest BCUT2D eigenvalue weighted by molar-refractivity contribution is -0.144. The van der Waals surface area contributed by atoms with Gasteiger partial charge in [-0.2, -0.15) is 0 Å². The van der Waals surface area contributed by atoms with Gasteiger partial charge in [0, 0.05) is 12.1 Å². The first-order chi connectivity index (χ1) is 9.06. The average molecular weight is 267 g/mol. The molecule has 0 bridgehead atoms. The molecule has 0 aliphatic rings. The number of hydrogen-bond acceptors (Lipinski definition) is 5. The lowest BCUT2D eigenvalue weighted by Gasteiger charge is -2.19. The Bertz CT molecular complexity index is 406. The van der Waals surface area contributed by atoms with Crippen LogP contribution in [0.2, 0.25) is 0 Å². The van der Waals surface area contributed by atoms with Crippen LogP contribution >= 0.6 is 0 Å². The molecule has 0 fully saturated rings. The van der Waals surface area contributed by atoms with E-state index in [2.05, 4.69) is 5.32 Å². The predicted molar refractivity (Wildman–Crippen MR) is 72.6 cm³/mol. The highest BCUT2D eigenvalue weighted by Crippen LogP contribution is 2.18. The van der Waals surface area contributed by atoms with E-state index < -0.39 is 6.04 Å². The number of ether oxygens (including phenoxy) is 3. The van der Waals surface area contributed by atoms with Gasteiger partial charge in [-0.25, -0.2) is 0 Å². The van der Waals surface area contributed by atoms with Gasteiger partial charge < -0.3 is 14.2 Å². The summed E-state index contributed by atoms with van der Waals surface area (Å²) >= 11 is 0. The summed E-state index contributed by atoms with van der Waals surface area (Å²) in [5, 5.41) is 3.10. The molecule has 1 aromatic rings. The third kappa shape index (κ3) is 5.18. The maximum atomic E-state index is 11.6. The fourth-order valence-corrected chi connectivity index (χ4v) is 1.60. The van der Waals surface area contributed by atoms with Crippen molar-refractivity contribution in [1.29, 1.82) is 0 Å².